The fraction of sp³-hybridized carbons (Fsp3) is 0.769. The summed E-state index contributed by atoms with van der Waals surface area (Å²) in [5.41, 5.74) is 1.17. The Bertz CT molecular complexity index is 600. The molecule has 1 aromatic rings. The zero-order chi connectivity index (χ0) is 15.6. The lowest BCUT2D eigenvalue weighted by Gasteiger charge is -2.34. The predicted octanol–water partition coefficient (Wildman–Crippen LogP) is 1.54. The zero-order valence-electron chi connectivity index (χ0n) is 12.7. The van der Waals surface area contributed by atoms with Gasteiger partial charge in [0.2, 0.25) is 10.0 Å². The first-order valence-electron chi connectivity index (χ1n) is 7.13. The predicted molar refractivity (Wildman–Crippen MR) is 81.2 cm³/mol. The van der Waals surface area contributed by atoms with Gasteiger partial charge in [0.05, 0.1) is 31.1 Å². The van der Waals surface area contributed by atoms with Crippen molar-refractivity contribution in [1.29, 1.82) is 0 Å². The first kappa shape index (κ1) is 16.7. The third-order valence-electron chi connectivity index (χ3n) is 3.82. The van der Waals surface area contributed by atoms with Crippen molar-refractivity contribution in [2.75, 3.05) is 25.6 Å². The lowest BCUT2D eigenvalue weighted by molar-refractivity contribution is 0.0314. The number of nitrogens with zero attached hydrogens (tertiary/aromatic N) is 3. The number of hydrogen-bond acceptors (Lipinski definition) is 4. The van der Waals surface area contributed by atoms with E-state index < -0.39 is 10.0 Å². The van der Waals surface area contributed by atoms with Crippen LogP contribution in [-0.2, 0) is 21.3 Å². The summed E-state index contributed by atoms with van der Waals surface area (Å²) in [5, 5.41) is 4.31. The number of morpholine rings is 1. The SMILES string of the molecule is CCC1COCCN1S(=O)(=O)c1c(C)nn(CCCl)c1C. The van der Waals surface area contributed by atoms with E-state index in [9.17, 15) is 8.42 Å². The van der Waals surface area contributed by atoms with Gasteiger partial charge in [0.25, 0.3) is 0 Å². The summed E-state index contributed by atoms with van der Waals surface area (Å²) in [6.45, 7) is 7.25. The Hall–Kier alpha value is -0.630. The number of hydrogen-bond donors (Lipinski definition) is 0. The standard InChI is InChI=1S/C13H22ClN3O3S/c1-4-12-9-20-8-7-17(12)21(18,19)13-10(2)15-16(6-5-14)11(13)3/h12H,4-9H2,1-3H3. The maximum absolute atomic E-state index is 13.0. The topological polar surface area (TPSA) is 64.4 Å². The molecule has 1 fully saturated rings. The molecule has 1 aromatic heterocycles. The highest BCUT2D eigenvalue weighted by molar-refractivity contribution is 7.89. The maximum atomic E-state index is 13.0. The van der Waals surface area contributed by atoms with E-state index in [1.165, 1.54) is 0 Å². The zero-order valence-corrected chi connectivity index (χ0v) is 14.2. The van der Waals surface area contributed by atoms with Crippen LogP contribution in [0.2, 0.25) is 0 Å². The van der Waals surface area contributed by atoms with Crippen molar-refractivity contribution in [3.05, 3.63) is 11.4 Å². The summed E-state index contributed by atoms with van der Waals surface area (Å²) < 4.78 is 34.6. The largest absolute Gasteiger partial charge is 0.378 e. The van der Waals surface area contributed by atoms with E-state index in [2.05, 4.69) is 5.10 Å². The second kappa shape index (κ2) is 6.64. The molecule has 2 rings (SSSR count). The molecule has 0 bridgehead atoms. The molecule has 1 aliphatic rings. The van der Waals surface area contributed by atoms with E-state index in [0.29, 0.717) is 48.5 Å². The normalized spacial score (nSPS) is 20.9. The lowest BCUT2D eigenvalue weighted by atomic mass is 10.2. The molecule has 0 amide bonds. The van der Waals surface area contributed by atoms with Gasteiger partial charge in [-0.2, -0.15) is 9.40 Å². The number of aryl methyl sites for hydroxylation is 2. The van der Waals surface area contributed by atoms with E-state index in [4.69, 9.17) is 16.3 Å². The van der Waals surface area contributed by atoms with Gasteiger partial charge in [-0.15, -0.1) is 11.6 Å². The van der Waals surface area contributed by atoms with Crippen molar-refractivity contribution in [3.63, 3.8) is 0 Å². The first-order valence-corrected chi connectivity index (χ1v) is 9.10. The van der Waals surface area contributed by atoms with E-state index in [1.54, 1.807) is 22.8 Å². The number of alkyl halides is 1. The van der Waals surface area contributed by atoms with Crippen molar-refractivity contribution in [3.8, 4) is 0 Å². The Morgan fingerprint density at radius 1 is 1.43 bits per heavy atom. The molecule has 1 aliphatic heterocycles. The third kappa shape index (κ3) is 3.11. The van der Waals surface area contributed by atoms with Crippen LogP contribution in [0.1, 0.15) is 24.7 Å². The van der Waals surface area contributed by atoms with Crippen molar-refractivity contribution in [2.45, 2.75) is 44.7 Å². The highest BCUT2D eigenvalue weighted by Crippen LogP contribution is 2.27. The van der Waals surface area contributed by atoms with Gasteiger partial charge in [-0.05, 0) is 20.3 Å². The van der Waals surface area contributed by atoms with Crippen LogP contribution in [0.25, 0.3) is 0 Å². The number of sulfonamides is 1. The first-order chi connectivity index (χ1) is 9.93. The Kier molecular flexibility index (Phi) is 5.29. The average molecular weight is 336 g/mol. The molecular formula is C13H22ClN3O3S. The van der Waals surface area contributed by atoms with E-state index in [0.717, 1.165) is 6.42 Å². The molecule has 1 unspecified atom stereocenters. The van der Waals surface area contributed by atoms with Crippen molar-refractivity contribution in [1.82, 2.24) is 14.1 Å². The summed E-state index contributed by atoms with van der Waals surface area (Å²) in [7, 11) is -3.56. The highest BCUT2D eigenvalue weighted by atomic mass is 35.5. The van der Waals surface area contributed by atoms with Crippen molar-refractivity contribution >= 4 is 21.6 Å². The summed E-state index contributed by atoms with van der Waals surface area (Å²) in [5.74, 6) is 0.399. The smallest absolute Gasteiger partial charge is 0.247 e. The molecule has 1 saturated heterocycles. The summed E-state index contributed by atoms with van der Waals surface area (Å²) in [6.07, 6.45) is 0.729. The second-order valence-electron chi connectivity index (χ2n) is 5.16. The Morgan fingerprint density at radius 2 is 2.14 bits per heavy atom. The molecule has 8 heteroatoms. The molecular weight excluding hydrogens is 314 g/mol. The van der Waals surface area contributed by atoms with Crippen LogP contribution in [0.4, 0.5) is 0 Å². The molecule has 120 valence electrons. The van der Waals surface area contributed by atoms with Gasteiger partial charge in [0, 0.05) is 18.5 Å². The molecule has 0 N–H and O–H groups in total. The van der Waals surface area contributed by atoms with Crippen molar-refractivity contribution in [2.24, 2.45) is 0 Å². The van der Waals surface area contributed by atoms with Gasteiger partial charge >= 0.3 is 0 Å². The van der Waals surface area contributed by atoms with Gasteiger partial charge in [-0.1, -0.05) is 6.92 Å². The minimum absolute atomic E-state index is 0.112. The minimum atomic E-state index is -3.56. The monoisotopic (exact) mass is 335 g/mol. The lowest BCUT2D eigenvalue weighted by Crippen LogP contribution is -2.48. The van der Waals surface area contributed by atoms with Crippen LogP contribution < -0.4 is 0 Å². The van der Waals surface area contributed by atoms with Crippen LogP contribution in [-0.4, -0.2) is 54.2 Å². The van der Waals surface area contributed by atoms with Gasteiger partial charge < -0.3 is 4.74 Å². The van der Waals surface area contributed by atoms with Crippen LogP contribution in [0.15, 0.2) is 4.90 Å². The van der Waals surface area contributed by atoms with Gasteiger partial charge in [-0.25, -0.2) is 8.42 Å². The van der Waals surface area contributed by atoms with Crippen LogP contribution in [0, 0.1) is 13.8 Å². The summed E-state index contributed by atoms with van der Waals surface area (Å²) in [6, 6.07) is -0.112. The molecule has 0 saturated carbocycles. The molecule has 0 aromatic carbocycles. The highest BCUT2D eigenvalue weighted by Gasteiger charge is 2.36. The Labute approximate surface area is 131 Å². The molecule has 6 nitrogen and oxygen atoms in total. The Balaban J connectivity index is 2.43. The number of ether oxygens (including phenoxy) is 1. The van der Waals surface area contributed by atoms with Crippen LogP contribution in [0.5, 0.6) is 0 Å². The van der Waals surface area contributed by atoms with Crippen LogP contribution >= 0.6 is 11.6 Å². The van der Waals surface area contributed by atoms with Gasteiger partial charge in [0.15, 0.2) is 0 Å². The summed E-state index contributed by atoms with van der Waals surface area (Å²) >= 11 is 5.74. The molecule has 1 atom stereocenters. The van der Waals surface area contributed by atoms with E-state index in [-0.39, 0.29) is 6.04 Å². The molecule has 0 radical (unpaired) electrons. The molecule has 21 heavy (non-hydrogen) atoms. The fourth-order valence-corrected chi connectivity index (χ4v) is 4.95. The summed E-state index contributed by atoms with van der Waals surface area (Å²) in [4.78, 5) is 0.313. The minimum Gasteiger partial charge on any atom is -0.378 e. The molecule has 0 spiro atoms. The van der Waals surface area contributed by atoms with E-state index >= 15 is 0 Å². The average Bonchev–Trinajstić information content (AvgIpc) is 2.74. The molecule has 2 heterocycles. The second-order valence-corrected chi connectivity index (χ2v) is 7.37. The van der Waals surface area contributed by atoms with Crippen molar-refractivity contribution < 1.29 is 13.2 Å². The maximum Gasteiger partial charge on any atom is 0.247 e. The molecule has 0 aliphatic carbocycles. The fourth-order valence-electron chi connectivity index (χ4n) is 2.75. The van der Waals surface area contributed by atoms with Gasteiger partial charge in [0.1, 0.15) is 4.90 Å². The number of aromatic nitrogens is 2. The van der Waals surface area contributed by atoms with E-state index in [1.807, 2.05) is 6.92 Å². The number of rotatable bonds is 5. The quantitative estimate of drug-likeness (QED) is 0.766. The number of halogens is 1. The van der Waals surface area contributed by atoms with Gasteiger partial charge in [-0.3, -0.25) is 4.68 Å². The Morgan fingerprint density at radius 3 is 2.76 bits per heavy atom. The third-order valence-corrected chi connectivity index (χ3v) is 6.20. The van der Waals surface area contributed by atoms with Crippen LogP contribution in [0.3, 0.4) is 0 Å².